The Kier molecular flexibility index (Phi) is 9.12. The number of esters is 2. The molecule has 0 heterocycles. The van der Waals surface area contributed by atoms with E-state index in [2.05, 4.69) is 10.6 Å². The maximum atomic E-state index is 12.7. The first kappa shape index (κ1) is 26.5. The Hall–Kier alpha value is -3.10. The van der Waals surface area contributed by atoms with Crippen LogP contribution in [0, 0.1) is 11.8 Å². The summed E-state index contributed by atoms with van der Waals surface area (Å²) in [6, 6.07) is 10.7. The first-order chi connectivity index (χ1) is 16.7. The molecule has 0 bridgehead atoms. The van der Waals surface area contributed by atoms with E-state index in [1.807, 2.05) is 0 Å². The van der Waals surface area contributed by atoms with Gasteiger partial charge in [0.2, 0.25) is 5.91 Å². The number of hydrogen-bond donors (Lipinski definition) is 2. The third kappa shape index (κ3) is 6.74. The number of ether oxygens (including phenoxy) is 2. The lowest BCUT2D eigenvalue weighted by Crippen LogP contribution is -2.45. The van der Waals surface area contributed by atoms with E-state index in [4.69, 9.17) is 32.7 Å². The molecule has 1 saturated carbocycles. The number of anilines is 1. The molecule has 10 heteroatoms. The molecule has 0 aromatic heterocycles. The van der Waals surface area contributed by atoms with Crippen LogP contribution >= 0.6 is 23.2 Å². The van der Waals surface area contributed by atoms with Crippen LogP contribution in [0.15, 0.2) is 42.5 Å². The average Bonchev–Trinajstić information content (AvgIpc) is 3.34. The van der Waals surface area contributed by atoms with Crippen molar-refractivity contribution in [3.8, 4) is 0 Å². The van der Waals surface area contributed by atoms with Gasteiger partial charge in [-0.2, -0.15) is 0 Å². The Morgan fingerprint density at radius 1 is 0.943 bits per heavy atom. The van der Waals surface area contributed by atoms with Crippen molar-refractivity contribution in [3.05, 3.63) is 63.6 Å². The van der Waals surface area contributed by atoms with Crippen LogP contribution in [0.25, 0.3) is 0 Å². The van der Waals surface area contributed by atoms with Gasteiger partial charge in [-0.25, -0.2) is 4.79 Å². The molecule has 186 valence electrons. The maximum Gasteiger partial charge on any atom is 0.328 e. The van der Waals surface area contributed by atoms with Crippen molar-refractivity contribution in [2.75, 3.05) is 19.5 Å². The minimum absolute atomic E-state index is 0.176. The van der Waals surface area contributed by atoms with E-state index in [0.717, 1.165) is 5.56 Å². The largest absolute Gasteiger partial charge is 0.469 e. The quantitative estimate of drug-likeness (QED) is 0.508. The van der Waals surface area contributed by atoms with Crippen LogP contribution in [0.3, 0.4) is 0 Å². The molecule has 2 amide bonds. The van der Waals surface area contributed by atoms with Gasteiger partial charge in [0, 0.05) is 18.0 Å². The smallest absolute Gasteiger partial charge is 0.328 e. The number of carbonyl (C=O) groups excluding carboxylic acids is 4. The number of halogens is 2. The minimum atomic E-state index is -0.896. The molecule has 0 spiro atoms. The SMILES string of the molecule is COC(=O)[C@@H]1CC[C@H](C(=O)N[C@@H](Cc2ccc(NC(=O)c3c(Cl)cccc3Cl)cc2)C(=O)OC)C1. The van der Waals surface area contributed by atoms with Crippen LogP contribution in [-0.4, -0.2) is 44.0 Å². The third-order valence-electron chi connectivity index (χ3n) is 5.98. The van der Waals surface area contributed by atoms with Gasteiger partial charge in [-0.3, -0.25) is 14.4 Å². The standard InChI is InChI=1S/C25H26Cl2N2O6/c1-34-24(32)16-9-8-15(13-16)22(30)29-20(25(33)35-2)12-14-6-10-17(11-7-14)28-23(31)21-18(26)4-3-5-19(21)27/h3-7,10-11,15-16,20H,8-9,12-13H2,1-2H3,(H,28,31)(H,29,30)/t15-,16+,20-/m0/s1. The molecule has 8 nitrogen and oxygen atoms in total. The highest BCUT2D eigenvalue weighted by Gasteiger charge is 2.36. The highest BCUT2D eigenvalue weighted by molar-refractivity contribution is 6.40. The molecular formula is C25H26Cl2N2O6. The number of hydrogen-bond acceptors (Lipinski definition) is 6. The number of rotatable bonds is 8. The van der Waals surface area contributed by atoms with E-state index in [0.29, 0.717) is 24.9 Å². The summed E-state index contributed by atoms with van der Waals surface area (Å²) in [5, 5.41) is 5.97. The van der Waals surface area contributed by atoms with Crippen molar-refractivity contribution in [1.82, 2.24) is 5.32 Å². The number of nitrogens with one attached hydrogen (secondary N) is 2. The second-order valence-corrected chi connectivity index (χ2v) is 9.08. The van der Waals surface area contributed by atoms with Crippen molar-refractivity contribution >= 4 is 52.6 Å². The van der Waals surface area contributed by atoms with Crippen molar-refractivity contribution in [1.29, 1.82) is 0 Å². The summed E-state index contributed by atoms with van der Waals surface area (Å²) in [5.74, 6) is -2.33. The molecule has 2 aromatic rings. The monoisotopic (exact) mass is 520 g/mol. The summed E-state index contributed by atoms with van der Waals surface area (Å²) in [7, 11) is 2.58. The summed E-state index contributed by atoms with van der Waals surface area (Å²) >= 11 is 12.2. The van der Waals surface area contributed by atoms with E-state index >= 15 is 0 Å². The fourth-order valence-electron chi connectivity index (χ4n) is 4.09. The van der Waals surface area contributed by atoms with Crippen LogP contribution in [0.1, 0.15) is 35.2 Å². The van der Waals surface area contributed by atoms with Gasteiger partial charge in [0.1, 0.15) is 6.04 Å². The summed E-state index contributed by atoms with van der Waals surface area (Å²) in [6.07, 6.45) is 1.69. The zero-order valence-electron chi connectivity index (χ0n) is 19.3. The first-order valence-electron chi connectivity index (χ1n) is 11.0. The van der Waals surface area contributed by atoms with E-state index in [1.165, 1.54) is 14.2 Å². The summed E-state index contributed by atoms with van der Waals surface area (Å²) in [6.45, 7) is 0. The molecule has 0 unspecified atom stereocenters. The molecule has 1 fully saturated rings. The van der Waals surface area contributed by atoms with Gasteiger partial charge in [-0.1, -0.05) is 41.4 Å². The number of methoxy groups -OCH3 is 2. The van der Waals surface area contributed by atoms with Gasteiger partial charge in [-0.05, 0) is 49.1 Å². The van der Waals surface area contributed by atoms with Gasteiger partial charge < -0.3 is 20.1 Å². The fourth-order valence-corrected chi connectivity index (χ4v) is 4.66. The normalized spacial score (nSPS) is 17.8. The molecule has 2 N–H and O–H groups in total. The van der Waals surface area contributed by atoms with Crippen molar-refractivity contribution in [2.24, 2.45) is 11.8 Å². The average molecular weight is 521 g/mol. The van der Waals surface area contributed by atoms with E-state index in [-0.39, 0.29) is 45.7 Å². The Bertz CT molecular complexity index is 1090. The van der Waals surface area contributed by atoms with Crippen LogP contribution in [0.4, 0.5) is 5.69 Å². The van der Waals surface area contributed by atoms with E-state index in [9.17, 15) is 19.2 Å². The third-order valence-corrected chi connectivity index (χ3v) is 6.61. The molecule has 3 atom stereocenters. The van der Waals surface area contributed by atoms with Crippen LogP contribution in [0.5, 0.6) is 0 Å². The first-order valence-corrected chi connectivity index (χ1v) is 11.8. The topological polar surface area (TPSA) is 111 Å². The van der Waals surface area contributed by atoms with Gasteiger partial charge in [0.25, 0.3) is 5.91 Å². The Morgan fingerprint density at radius 2 is 1.57 bits per heavy atom. The van der Waals surface area contributed by atoms with Crippen LogP contribution in [0.2, 0.25) is 10.0 Å². The molecule has 0 aliphatic heterocycles. The molecular weight excluding hydrogens is 495 g/mol. The molecule has 0 radical (unpaired) electrons. The van der Waals surface area contributed by atoms with Gasteiger partial charge in [0.05, 0.1) is 35.7 Å². The van der Waals surface area contributed by atoms with E-state index in [1.54, 1.807) is 42.5 Å². The van der Waals surface area contributed by atoms with Gasteiger partial charge in [-0.15, -0.1) is 0 Å². The fraction of sp³-hybridized carbons (Fsp3) is 0.360. The van der Waals surface area contributed by atoms with E-state index < -0.39 is 17.9 Å². The highest BCUT2D eigenvalue weighted by Crippen LogP contribution is 2.32. The zero-order valence-corrected chi connectivity index (χ0v) is 20.8. The number of amides is 2. The minimum Gasteiger partial charge on any atom is -0.469 e. The predicted molar refractivity (Wildman–Crippen MR) is 131 cm³/mol. The highest BCUT2D eigenvalue weighted by atomic mass is 35.5. The summed E-state index contributed by atoms with van der Waals surface area (Å²) in [5.41, 5.74) is 1.43. The lowest BCUT2D eigenvalue weighted by molar-refractivity contribution is -0.146. The number of benzene rings is 2. The second kappa shape index (κ2) is 12.0. The van der Waals surface area contributed by atoms with Gasteiger partial charge >= 0.3 is 11.9 Å². The molecule has 2 aromatic carbocycles. The second-order valence-electron chi connectivity index (χ2n) is 8.27. The zero-order chi connectivity index (χ0) is 25.5. The van der Waals surface area contributed by atoms with Crippen molar-refractivity contribution in [3.63, 3.8) is 0 Å². The van der Waals surface area contributed by atoms with Gasteiger partial charge in [0.15, 0.2) is 0 Å². The van der Waals surface area contributed by atoms with Crippen molar-refractivity contribution < 1.29 is 28.7 Å². The molecule has 1 aliphatic carbocycles. The van der Waals surface area contributed by atoms with Crippen molar-refractivity contribution in [2.45, 2.75) is 31.7 Å². The predicted octanol–water partition coefficient (Wildman–Crippen LogP) is 4.04. The lowest BCUT2D eigenvalue weighted by Gasteiger charge is -2.19. The van der Waals surface area contributed by atoms with Crippen LogP contribution < -0.4 is 10.6 Å². The molecule has 35 heavy (non-hydrogen) atoms. The molecule has 3 rings (SSSR count). The summed E-state index contributed by atoms with van der Waals surface area (Å²) in [4.78, 5) is 49.4. The lowest BCUT2D eigenvalue weighted by atomic mass is 10.0. The Morgan fingerprint density at radius 3 is 2.17 bits per heavy atom. The Labute approximate surface area is 213 Å². The maximum absolute atomic E-state index is 12.7. The molecule has 1 aliphatic rings. The Balaban J connectivity index is 1.63. The summed E-state index contributed by atoms with van der Waals surface area (Å²) < 4.78 is 9.63. The molecule has 0 saturated heterocycles. The number of carbonyl (C=O) groups is 4. The van der Waals surface area contributed by atoms with Crippen LogP contribution in [-0.2, 0) is 30.3 Å².